The van der Waals surface area contributed by atoms with E-state index in [1.54, 1.807) is 0 Å². The molecule has 0 saturated carbocycles. The van der Waals surface area contributed by atoms with Gasteiger partial charge in [-0.25, -0.2) is 0 Å². The standard InChI is InChI=1S/C17H24BrNO2/c1-2-8-19-9-3-6-17(7-10-19)12-15(20)14-5-4-13(18)11-16(14)21-17/h4-5,11,15,20H,2-3,6-10,12H2,1H3. The molecule has 3 rings (SSSR count). The SMILES string of the molecule is CCCN1CCCC2(CC1)CC(O)c1ccc(Br)cc1O2. The molecule has 0 aromatic heterocycles. The number of aliphatic hydroxyl groups is 1. The number of likely N-dealkylation sites (tertiary alicyclic amines) is 1. The smallest absolute Gasteiger partial charge is 0.127 e. The maximum Gasteiger partial charge on any atom is 0.127 e. The average molecular weight is 354 g/mol. The molecule has 1 spiro atoms. The second kappa shape index (κ2) is 6.27. The average Bonchev–Trinajstić information content (AvgIpc) is 2.62. The summed E-state index contributed by atoms with van der Waals surface area (Å²) in [6, 6.07) is 5.94. The molecule has 4 heteroatoms. The topological polar surface area (TPSA) is 32.7 Å². The summed E-state index contributed by atoms with van der Waals surface area (Å²) in [7, 11) is 0. The van der Waals surface area contributed by atoms with Gasteiger partial charge in [0, 0.05) is 23.0 Å². The number of nitrogens with zero attached hydrogens (tertiary/aromatic N) is 1. The lowest BCUT2D eigenvalue weighted by atomic mass is 9.83. The molecule has 1 fully saturated rings. The van der Waals surface area contributed by atoms with Gasteiger partial charge < -0.3 is 14.7 Å². The number of aliphatic hydroxyl groups excluding tert-OH is 1. The summed E-state index contributed by atoms with van der Waals surface area (Å²) in [6.45, 7) is 5.63. The van der Waals surface area contributed by atoms with Gasteiger partial charge >= 0.3 is 0 Å². The molecule has 21 heavy (non-hydrogen) atoms. The maximum absolute atomic E-state index is 10.5. The third kappa shape index (κ3) is 3.27. The zero-order valence-electron chi connectivity index (χ0n) is 12.6. The normalized spacial score (nSPS) is 29.8. The molecule has 2 atom stereocenters. The molecule has 0 amide bonds. The van der Waals surface area contributed by atoms with Crippen molar-refractivity contribution in [3.05, 3.63) is 28.2 Å². The molecule has 0 radical (unpaired) electrons. The van der Waals surface area contributed by atoms with Crippen molar-refractivity contribution in [1.29, 1.82) is 0 Å². The van der Waals surface area contributed by atoms with Crippen LogP contribution >= 0.6 is 15.9 Å². The van der Waals surface area contributed by atoms with Gasteiger partial charge in [0.2, 0.25) is 0 Å². The molecule has 116 valence electrons. The number of hydrogen-bond acceptors (Lipinski definition) is 3. The third-order valence-corrected chi connectivity index (χ3v) is 5.25. The number of rotatable bonds is 2. The van der Waals surface area contributed by atoms with Crippen molar-refractivity contribution >= 4 is 15.9 Å². The fourth-order valence-electron chi connectivity index (χ4n) is 3.68. The van der Waals surface area contributed by atoms with Crippen LogP contribution in [-0.2, 0) is 0 Å². The predicted octanol–water partition coefficient (Wildman–Crippen LogP) is 3.90. The van der Waals surface area contributed by atoms with Crippen molar-refractivity contribution in [2.45, 2.75) is 50.7 Å². The van der Waals surface area contributed by atoms with Gasteiger partial charge in [-0.2, -0.15) is 0 Å². The van der Waals surface area contributed by atoms with E-state index in [-0.39, 0.29) is 5.60 Å². The van der Waals surface area contributed by atoms with E-state index < -0.39 is 6.10 Å². The largest absolute Gasteiger partial charge is 0.487 e. The molecule has 3 nitrogen and oxygen atoms in total. The fraction of sp³-hybridized carbons (Fsp3) is 0.647. The van der Waals surface area contributed by atoms with Crippen LogP contribution in [0.5, 0.6) is 5.75 Å². The van der Waals surface area contributed by atoms with Gasteiger partial charge in [-0.1, -0.05) is 28.9 Å². The van der Waals surface area contributed by atoms with Crippen LogP contribution < -0.4 is 4.74 Å². The molecular weight excluding hydrogens is 330 g/mol. The quantitative estimate of drug-likeness (QED) is 0.874. The summed E-state index contributed by atoms with van der Waals surface area (Å²) in [6.07, 6.45) is 4.72. The predicted molar refractivity (Wildman–Crippen MR) is 87.7 cm³/mol. The lowest BCUT2D eigenvalue weighted by Gasteiger charge is -2.40. The van der Waals surface area contributed by atoms with E-state index in [0.29, 0.717) is 0 Å². The van der Waals surface area contributed by atoms with Gasteiger partial charge in [-0.05, 0) is 50.9 Å². The van der Waals surface area contributed by atoms with Crippen LogP contribution in [0.1, 0.15) is 50.7 Å². The summed E-state index contributed by atoms with van der Waals surface area (Å²) >= 11 is 3.50. The first-order valence-electron chi connectivity index (χ1n) is 8.01. The van der Waals surface area contributed by atoms with Gasteiger partial charge in [0.15, 0.2) is 0 Å². The second-order valence-electron chi connectivity index (χ2n) is 6.38. The Morgan fingerprint density at radius 2 is 2.24 bits per heavy atom. The number of halogens is 1. The summed E-state index contributed by atoms with van der Waals surface area (Å²) in [5, 5.41) is 10.5. The fourth-order valence-corrected chi connectivity index (χ4v) is 4.02. The van der Waals surface area contributed by atoms with Crippen molar-refractivity contribution < 1.29 is 9.84 Å². The van der Waals surface area contributed by atoms with E-state index in [2.05, 4.69) is 27.8 Å². The van der Waals surface area contributed by atoms with Crippen molar-refractivity contribution in [1.82, 2.24) is 4.90 Å². The lowest BCUT2D eigenvalue weighted by Crippen LogP contribution is -2.42. The first-order valence-corrected chi connectivity index (χ1v) is 8.80. The minimum Gasteiger partial charge on any atom is -0.487 e. The maximum atomic E-state index is 10.5. The molecule has 0 aliphatic carbocycles. The summed E-state index contributed by atoms with van der Waals surface area (Å²) in [5.41, 5.74) is 0.744. The Morgan fingerprint density at radius 1 is 1.38 bits per heavy atom. The second-order valence-corrected chi connectivity index (χ2v) is 7.30. The van der Waals surface area contributed by atoms with E-state index in [0.717, 1.165) is 54.6 Å². The zero-order valence-corrected chi connectivity index (χ0v) is 14.2. The number of ether oxygens (including phenoxy) is 1. The highest BCUT2D eigenvalue weighted by Gasteiger charge is 2.41. The Kier molecular flexibility index (Phi) is 4.57. The molecule has 2 aliphatic rings. The molecular formula is C17H24BrNO2. The third-order valence-electron chi connectivity index (χ3n) is 4.76. The summed E-state index contributed by atoms with van der Waals surface area (Å²) in [5.74, 6) is 0.854. The molecule has 2 heterocycles. The van der Waals surface area contributed by atoms with Crippen LogP contribution in [-0.4, -0.2) is 35.2 Å². The Labute approximate surface area is 135 Å². The minimum atomic E-state index is -0.403. The van der Waals surface area contributed by atoms with E-state index in [9.17, 15) is 5.11 Å². The summed E-state index contributed by atoms with van der Waals surface area (Å²) in [4.78, 5) is 2.53. The van der Waals surface area contributed by atoms with Crippen molar-refractivity contribution in [3.8, 4) is 5.75 Å². The molecule has 1 saturated heterocycles. The van der Waals surface area contributed by atoms with Gasteiger partial charge in [-0.3, -0.25) is 0 Å². The lowest BCUT2D eigenvalue weighted by molar-refractivity contribution is -0.0239. The Bertz CT molecular complexity index is 508. The van der Waals surface area contributed by atoms with Crippen molar-refractivity contribution in [3.63, 3.8) is 0 Å². The van der Waals surface area contributed by atoms with Crippen molar-refractivity contribution in [2.24, 2.45) is 0 Å². The van der Waals surface area contributed by atoms with E-state index >= 15 is 0 Å². The van der Waals surface area contributed by atoms with Crippen LogP contribution in [0.4, 0.5) is 0 Å². The minimum absolute atomic E-state index is 0.185. The van der Waals surface area contributed by atoms with Gasteiger partial charge in [0.05, 0.1) is 6.10 Å². The Hall–Kier alpha value is -0.580. The van der Waals surface area contributed by atoms with Crippen LogP contribution in [0.25, 0.3) is 0 Å². The van der Waals surface area contributed by atoms with E-state index in [1.807, 2.05) is 18.2 Å². The molecule has 1 aromatic rings. The van der Waals surface area contributed by atoms with Crippen molar-refractivity contribution in [2.75, 3.05) is 19.6 Å². The molecule has 2 unspecified atom stereocenters. The van der Waals surface area contributed by atoms with E-state index in [4.69, 9.17) is 4.74 Å². The molecule has 1 N–H and O–H groups in total. The Morgan fingerprint density at radius 3 is 3.05 bits per heavy atom. The zero-order chi connectivity index (χ0) is 14.9. The number of benzene rings is 1. The molecule has 2 aliphatic heterocycles. The number of hydrogen-bond donors (Lipinski definition) is 1. The summed E-state index contributed by atoms with van der Waals surface area (Å²) < 4.78 is 7.41. The van der Waals surface area contributed by atoms with Crippen LogP contribution in [0.15, 0.2) is 22.7 Å². The first-order chi connectivity index (χ1) is 10.1. The highest BCUT2D eigenvalue weighted by atomic mass is 79.9. The van der Waals surface area contributed by atoms with Gasteiger partial charge in [0.1, 0.15) is 11.4 Å². The molecule has 0 bridgehead atoms. The number of fused-ring (bicyclic) bond motifs is 1. The monoisotopic (exact) mass is 353 g/mol. The van der Waals surface area contributed by atoms with Crippen LogP contribution in [0.2, 0.25) is 0 Å². The van der Waals surface area contributed by atoms with Crippen LogP contribution in [0.3, 0.4) is 0 Å². The van der Waals surface area contributed by atoms with Gasteiger partial charge in [0.25, 0.3) is 0 Å². The Balaban J connectivity index is 1.80. The first kappa shape index (κ1) is 15.3. The van der Waals surface area contributed by atoms with Crippen LogP contribution in [0, 0.1) is 0 Å². The van der Waals surface area contributed by atoms with Gasteiger partial charge in [-0.15, -0.1) is 0 Å². The highest BCUT2D eigenvalue weighted by molar-refractivity contribution is 9.10. The highest BCUT2D eigenvalue weighted by Crippen LogP contribution is 2.45. The van der Waals surface area contributed by atoms with E-state index in [1.165, 1.54) is 13.0 Å². The molecule has 1 aromatic carbocycles.